The molecule has 3 aromatic rings. The lowest BCUT2D eigenvalue weighted by molar-refractivity contribution is 0.0697. The van der Waals surface area contributed by atoms with Gasteiger partial charge in [-0.05, 0) is 42.3 Å². The number of rotatable bonds is 5. The van der Waals surface area contributed by atoms with Crippen molar-refractivity contribution >= 4 is 23.3 Å². The van der Waals surface area contributed by atoms with Crippen molar-refractivity contribution in [3.8, 4) is 0 Å². The number of benzene rings is 1. The van der Waals surface area contributed by atoms with Crippen LogP contribution < -0.4 is 16.6 Å². The third kappa shape index (κ3) is 3.93. The van der Waals surface area contributed by atoms with E-state index in [1.54, 1.807) is 13.0 Å². The summed E-state index contributed by atoms with van der Waals surface area (Å²) in [5.74, 6) is -3.09. The molecule has 3 rings (SSSR count). The van der Waals surface area contributed by atoms with Crippen LogP contribution in [0.5, 0.6) is 0 Å². The van der Waals surface area contributed by atoms with E-state index in [1.165, 1.54) is 31.4 Å². The predicted molar refractivity (Wildman–Crippen MR) is 104 cm³/mol. The Bertz CT molecular complexity index is 1180. The molecule has 29 heavy (non-hydrogen) atoms. The lowest BCUT2D eigenvalue weighted by Crippen LogP contribution is -2.26. The van der Waals surface area contributed by atoms with Crippen LogP contribution in [-0.2, 0) is 13.5 Å². The number of hydrogen-bond acceptors (Lipinski definition) is 5. The number of anilines is 3. The summed E-state index contributed by atoms with van der Waals surface area (Å²) in [6.07, 6.45) is 1.12. The Morgan fingerprint density at radius 2 is 1.97 bits per heavy atom. The summed E-state index contributed by atoms with van der Waals surface area (Å²) in [5, 5.41) is 12.3. The molecule has 1 aromatic carbocycles. The van der Waals surface area contributed by atoms with Gasteiger partial charge in [0.15, 0.2) is 11.6 Å². The largest absolute Gasteiger partial charge is 0.478 e. The third-order valence-electron chi connectivity index (χ3n) is 4.47. The lowest BCUT2D eigenvalue weighted by Gasteiger charge is -2.16. The molecule has 0 unspecified atom stereocenters. The molecule has 0 radical (unpaired) electrons. The molecule has 0 bridgehead atoms. The second-order valence-corrected chi connectivity index (χ2v) is 6.56. The summed E-state index contributed by atoms with van der Waals surface area (Å²) >= 11 is 0. The van der Waals surface area contributed by atoms with Gasteiger partial charge in [-0.2, -0.15) is 0 Å². The molecular formula is C20H18F2N4O3. The van der Waals surface area contributed by atoms with Crippen molar-refractivity contribution in [2.75, 3.05) is 11.1 Å². The Balaban J connectivity index is 2.10. The average Bonchev–Trinajstić information content (AvgIpc) is 2.66. The molecule has 2 aromatic heterocycles. The van der Waals surface area contributed by atoms with Crippen molar-refractivity contribution in [1.29, 1.82) is 0 Å². The van der Waals surface area contributed by atoms with Crippen LogP contribution in [-0.4, -0.2) is 20.6 Å². The van der Waals surface area contributed by atoms with Gasteiger partial charge in [-0.3, -0.25) is 9.36 Å². The molecule has 4 N–H and O–H groups in total. The second kappa shape index (κ2) is 7.70. The van der Waals surface area contributed by atoms with Gasteiger partial charge in [0.1, 0.15) is 17.2 Å². The maximum atomic E-state index is 14.2. The average molecular weight is 400 g/mol. The molecule has 0 aliphatic heterocycles. The standard InChI is InChI=1S/C20H18F2N4O3/c1-10-3-4-15(14(21)7-10)25-18-13(20(28)29)9-12(19(27)26(18)2)8-11-5-6-24-17(23)16(11)22/h3-7,9,25H,8H2,1-2H3,(H2,23,24)(H,28,29). The van der Waals surface area contributed by atoms with Gasteiger partial charge in [0.2, 0.25) is 0 Å². The molecule has 150 valence electrons. The molecule has 2 heterocycles. The van der Waals surface area contributed by atoms with E-state index in [9.17, 15) is 23.5 Å². The number of halogens is 2. The zero-order valence-electron chi connectivity index (χ0n) is 15.7. The summed E-state index contributed by atoms with van der Waals surface area (Å²) in [4.78, 5) is 28.2. The first kappa shape index (κ1) is 20.0. The van der Waals surface area contributed by atoms with E-state index >= 15 is 0 Å². The van der Waals surface area contributed by atoms with Crippen LogP contribution in [0.25, 0.3) is 0 Å². The fourth-order valence-electron chi connectivity index (χ4n) is 2.94. The summed E-state index contributed by atoms with van der Waals surface area (Å²) < 4.78 is 29.4. The number of aromatic nitrogens is 2. The Morgan fingerprint density at radius 1 is 1.24 bits per heavy atom. The summed E-state index contributed by atoms with van der Waals surface area (Å²) in [6, 6.07) is 6.89. The van der Waals surface area contributed by atoms with Crippen LogP contribution in [0.15, 0.2) is 41.3 Å². The van der Waals surface area contributed by atoms with Gasteiger partial charge >= 0.3 is 5.97 Å². The smallest absolute Gasteiger partial charge is 0.339 e. The highest BCUT2D eigenvalue weighted by molar-refractivity contribution is 5.94. The number of nitrogen functional groups attached to an aromatic ring is 1. The first-order valence-corrected chi connectivity index (χ1v) is 8.57. The molecule has 0 saturated carbocycles. The third-order valence-corrected chi connectivity index (χ3v) is 4.47. The van der Waals surface area contributed by atoms with Crippen LogP contribution in [0.3, 0.4) is 0 Å². The topological polar surface area (TPSA) is 110 Å². The summed E-state index contributed by atoms with van der Waals surface area (Å²) in [5.41, 5.74) is 5.50. The van der Waals surface area contributed by atoms with E-state index in [4.69, 9.17) is 5.73 Å². The number of aryl methyl sites for hydroxylation is 1. The van der Waals surface area contributed by atoms with Crippen molar-refractivity contribution < 1.29 is 18.7 Å². The SMILES string of the molecule is Cc1ccc(Nc2c(C(=O)O)cc(Cc3ccnc(N)c3F)c(=O)n2C)c(F)c1. The highest BCUT2D eigenvalue weighted by Crippen LogP contribution is 2.24. The zero-order valence-corrected chi connectivity index (χ0v) is 15.7. The number of aromatic carboxylic acids is 1. The molecule has 7 nitrogen and oxygen atoms in total. The number of hydrogen-bond donors (Lipinski definition) is 3. The van der Waals surface area contributed by atoms with Crippen LogP contribution in [0.2, 0.25) is 0 Å². The van der Waals surface area contributed by atoms with E-state index in [0.29, 0.717) is 5.56 Å². The zero-order chi connectivity index (χ0) is 21.3. The number of nitrogens with one attached hydrogen (secondary N) is 1. The molecule has 0 fully saturated rings. The van der Waals surface area contributed by atoms with E-state index in [1.807, 2.05) is 0 Å². The maximum Gasteiger partial charge on any atom is 0.339 e. The van der Waals surface area contributed by atoms with Gasteiger partial charge in [-0.1, -0.05) is 6.07 Å². The van der Waals surface area contributed by atoms with Gasteiger partial charge in [0, 0.05) is 25.2 Å². The van der Waals surface area contributed by atoms with Gasteiger partial charge in [0.25, 0.3) is 5.56 Å². The van der Waals surface area contributed by atoms with Gasteiger partial charge in [-0.15, -0.1) is 0 Å². The first-order chi connectivity index (χ1) is 13.7. The lowest BCUT2D eigenvalue weighted by atomic mass is 10.0. The monoisotopic (exact) mass is 400 g/mol. The van der Waals surface area contributed by atoms with Crippen LogP contribution in [0.4, 0.5) is 26.1 Å². The van der Waals surface area contributed by atoms with Crippen LogP contribution >= 0.6 is 0 Å². The maximum absolute atomic E-state index is 14.2. The Kier molecular flexibility index (Phi) is 5.31. The molecule has 0 spiro atoms. The number of carboxylic acid groups (broad SMARTS) is 1. The van der Waals surface area contributed by atoms with Gasteiger partial charge in [-0.25, -0.2) is 18.6 Å². The Labute approximate surface area is 164 Å². The quantitative estimate of drug-likeness (QED) is 0.607. The molecule has 9 heteroatoms. The normalized spacial score (nSPS) is 10.8. The minimum Gasteiger partial charge on any atom is -0.478 e. The summed E-state index contributed by atoms with van der Waals surface area (Å²) in [7, 11) is 1.35. The van der Waals surface area contributed by atoms with E-state index < -0.39 is 23.2 Å². The molecule has 0 aliphatic carbocycles. The second-order valence-electron chi connectivity index (χ2n) is 6.56. The van der Waals surface area contributed by atoms with Crippen LogP contribution in [0.1, 0.15) is 27.0 Å². The van der Waals surface area contributed by atoms with Crippen molar-refractivity contribution in [1.82, 2.24) is 9.55 Å². The fraction of sp³-hybridized carbons (Fsp3) is 0.150. The number of nitrogens with two attached hydrogens (primary N) is 1. The van der Waals surface area contributed by atoms with Crippen molar-refractivity contribution in [2.45, 2.75) is 13.3 Å². The molecule has 0 atom stereocenters. The highest BCUT2D eigenvalue weighted by Gasteiger charge is 2.20. The Morgan fingerprint density at radius 3 is 2.62 bits per heavy atom. The van der Waals surface area contributed by atoms with Crippen molar-refractivity contribution in [2.24, 2.45) is 7.05 Å². The van der Waals surface area contributed by atoms with Gasteiger partial charge in [0.05, 0.1) is 5.69 Å². The molecular weight excluding hydrogens is 382 g/mol. The molecule has 0 amide bonds. The number of carboxylic acids is 1. The minimum atomic E-state index is -1.33. The number of carbonyl (C=O) groups is 1. The molecule has 0 aliphatic rings. The summed E-state index contributed by atoms with van der Waals surface area (Å²) in [6.45, 7) is 1.71. The van der Waals surface area contributed by atoms with E-state index in [2.05, 4.69) is 10.3 Å². The minimum absolute atomic E-state index is 0.0220. The Hall–Kier alpha value is -3.75. The number of pyridine rings is 2. The van der Waals surface area contributed by atoms with Crippen molar-refractivity contribution in [3.05, 3.63) is 80.8 Å². The van der Waals surface area contributed by atoms with E-state index in [0.717, 1.165) is 10.6 Å². The van der Waals surface area contributed by atoms with Crippen LogP contribution in [0, 0.1) is 18.6 Å². The van der Waals surface area contributed by atoms with E-state index in [-0.39, 0.29) is 40.4 Å². The van der Waals surface area contributed by atoms with Gasteiger partial charge < -0.3 is 16.2 Å². The predicted octanol–water partition coefficient (Wildman–Crippen LogP) is 2.98. The van der Waals surface area contributed by atoms with Crippen molar-refractivity contribution in [3.63, 3.8) is 0 Å². The highest BCUT2D eigenvalue weighted by atomic mass is 19.1. The first-order valence-electron chi connectivity index (χ1n) is 8.57. The molecule has 0 saturated heterocycles. The number of nitrogens with zero attached hydrogens (tertiary/aromatic N) is 2. The fourth-order valence-corrected chi connectivity index (χ4v) is 2.94.